The van der Waals surface area contributed by atoms with E-state index in [0.29, 0.717) is 6.61 Å². The second-order valence-electron chi connectivity index (χ2n) is 8.03. The number of benzene rings is 3. The van der Waals surface area contributed by atoms with Crippen LogP contribution in [0.15, 0.2) is 84.2 Å². The van der Waals surface area contributed by atoms with Crippen molar-refractivity contribution >= 4 is 27.4 Å². The highest BCUT2D eigenvalue weighted by Gasteiger charge is 2.22. The summed E-state index contributed by atoms with van der Waals surface area (Å²) in [5.74, 6) is 0.0192. The molecular formula is C28H29NO2S. The summed E-state index contributed by atoms with van der Waals surface area (Å²) < 4.78 is 6.42. The molecule has 3 nitrogen and oxygen atoms in total. The average molecular weight is 444 g/mol. The van der Waals surface area contributed by atoms with Crippen molar-refractivity contribution in [3.05, 3.63) is 95.4 Å². The molecule has 0 spiro atoms. The van der Waals surface area contributed by atoms with E-state index in [4.69, 9.17) is 4.74 Å². The Balaban J connectivity index is 1.60. The highest BCUT2D eigenvalue weighted by Crippen LogP contribution is 2.33. The van der Waals surface area contributed by atoms with Gasteiger partial charge in [0.1, 0.15) is 0 Å². The molecule has 2 atom stereocenters. The number of thiophene rings is 1. The summed E-state index contributed by atoms with van der Waals surface area (Å²) >= 11 is 1.79. The number of esters is 1. The molecule has 0 saturated heterocycles. The van der Waals surface area contributed by atoms with E-state index in [0.717, 1.165) is 6.42 Å². The molecule has 0 radical (unpaired) electrons. The number of hydrogen-bond acceptors (Lipinski definition) is 4. The van der Waals surface area contributed by atoms with Crippen LogP contribution in [0.5, 0.6) is 0 Å². The molecule has 0 unspecified atom stereocenters. The first-order valence-electron chi connectivity index (χ1n) is 11.1. The van der Waals surface area contributed by atoms with Gasteiger partial charge in [-0.25, -0.2) is 0 Å². The third kappa shape index (κ3) is 5.26. The van der Waals surface area contributed by atoms with Gasteiger partial charge >= 0.3 is 5.97 Å². The number of carbonyl (C=O) groups is 1. The van der Waals surface area contributed by atoms with Crippen molar-refractivity contribution in [2.24, 2.45) is 0 Å². The summed E-state index contributed by atoms with van der Waals surface area (Å²) in [6, 6.07) is 28.0. The van der Waals surface area contributed by atoms with Crippen LogP contribution in [0.4, 0.5) is 0 Å². The van der Waals surface area contributed by atoms with Gasteiger partial charge in [-0.05, 0) is 59.4 Å². The molecular weight excluding hydrogens is 414 g/mol. The quantitative estimate of drug-likeness (QED) is 0.303. The fraction of sp³-hybridized carbons (Fsp3) is 0.250. The van der Waals surface area contributed by atoms with Crippen molar-refractivity contribution in [2.75, 3.05) is 13.2 Å². The molecule has 32 heavy (non-hydrogen) atoms. The van der Waals surface area contributed by atoms with Crippen LogP contribution in [0.3, 0.4) is 0 Å². The van der Waals surface area contributed by atoms with Gasteiger partial charge in [0.15, 0.2) is 0 Å². The average Bonchev–Trinajstić information content (AvgIpc) is 3.25. The Hall–Kier alpha value is -2.95. The second kappa shape index (κ2) is 10.6. The largest absolute Gasteiger partial charge is 0.465 e. The Labute approximate surface area is 194 Å². The Morgan fingerprint density at radius 2 is 1.62 bits per heavy atom. The molecule has 164 valence electrons. The van der Waals surface area contributed by atoms with Crippen LogP contribution in [0, 0.1) is 0 Å². The Morgan fingerprint density at radius 3 is 2.38 bits per heavy atom. The van der Waals surface area contributed by atoms with Crippen LogP contribution >= 0.6 is 11.3 Å². The van der Waals surface area contributed by atoms with Crippen molar-refractivity contribution in [3.63, 3.8) is 0 Å². The molecule has 0 aliphatic carbocycles. The maximum atomic E-state index is 11.9. The first-order chi connectivity index (χ1) is 15.7. The lowest BCUT2D eigenvalue weighted by molar-refractivity contribution is -0.142. The lowest BCUT2D eigenvalue weighted by Gasteiger charge is -2.26. The summed E-state index contributed by atoms with van der Waals surface area (Å²) in [5.41, 5.74) is 5.05. The molecule has 0 aliphatic rings. The van der Waals surface area contributed by atoms with Gasteiger partial charge in [0, 0.05) is 16.7 Å². The van der Waals surface area contributed by atoms with Crippen LogP contribution < -0.4 is 5.32 Å². The van der Waals surface area contributed by atoms with Crippen LogP contribution in [-0.4, -0.2) is 25.2 Å². The van der Waals surface area contributed by atoms with E-state index < -0.39 is 0 Å². The van der Waals surface area contributed by atoms with E-state index in [1.165, 1.54) is 32.3 Å². The Bertz CT molecular complexity index is 1150. The van der Waals surface area contributed by atoms with E-state index in [1.807, 2.05) is 13.0 Å². The highest BCUT2D eigenvalue weighted by molar-refractivity contribution is 7.17. The maximum absolute atomic E-state index is 11.9. The molecule has 3 aromatic carbocycles. The molecule has 4 rings (SSSR count). The first-order valence-corrected chi connectivity index (χ1v) is 12.0. The summed E-state index contributed by atoms with van der Waals surface area (Å²) in [4.78, 5) is 11.9. The summed E-state index contributed by atoms with van der Waals surface area (Å²) in [5, 5.41) is 6.99. The number of hydrogen-bond donors (Lipinski definition) is 1. The SMILES string of the molecule is CCOC(=O)CN[C@H](C)[C@H](Cc1csc2ccccc12)c1ccc(-c2ccccc2)cc1. The topological polar surface area (TPSA) is 38.3 Å². The zero-order valence-corrected chi connectivity index (χ0v) is 19.4. The van der Waals surface area contributed by atoms with Crippen molar-refractivity contribution in [3.8, 4) is 11.1 Å². The number of fused-ring (bicyclic) bond motifs is 1. The molecule has 1 aromatic heterocycles. The molecule has 0 aliphatic heterocycles. The van der Waals surface area contributed by atoms with Crippen LogP contribution in [-0.2, 0) is 16.0 Å². The van der Waals surface area contributed by atoms with Gasteiger partial charge in [0.05, 0.1) is 13.2 Å². The van der Waals surface area contributed by atoms with E-state index in [1.54, 1.807) is 11.3 Å². The number of ether oxygens (including phenoxy) is 1. The Morgan fingerprint density at radius 1 is 0.938 bits per heavy atom. The third-order valence-electron chi connectivity index (χ3n) is 5.92. The number of nitrogens with one attached hydrogen (secondary N) is 1. The van der Waals surface area contributed by atoms with Crippen molar-refractivity contribution in [1.29, 1.82) is 0 Å². The van der Waals surface area contributed by atoms with E-state index in [9.17, 15) is 4.79 Å². The smallest absolute Gasteiger partial charge is 0.319 e. The lowest BCUT2D eigenvalue weighted by atomic mass is 9.85. The molecule has 4 aromatic rings. The van der Waals surface area contributed by atoms with E-state index in [-0.39, 0.29) is 24.5 Å². The fourth-order valence-corrected chi connectivity index (χ4v) is 5.14. The Kier molecular flexibility index (Phi) is 7.35. The molecule has 0 bridgehead atoms. The van der Waals surface area contributed by atoms with Gasteiger partial charge in [0.2, 0.25) is 0 Å². The van der Waals surface area contributed by atoms with E-state index in [2.05, 4.69) is 90.4 Å². The third-order valence-corrected chi connectivity index (χ3v) is 6.94. The van der Waals surface area contributed by atoms with E-state index >= 15 is 0 Å². The molecule has 4 heteroatoms. The van der Waals surface area contributed by atoms with Gasteiger partial charge in [-0.3, -0.25) is 4.79 Å². The van der Waals surface area contributed by atoms with Gasteiger partial charge in [-0.2, -0.15) is 0 Å². The summed E-state index contributed by atoms with van der Waals surface area (Å²) in [7, 11) is 0. The highest BCUT2D eigenvalue weighted by atomic mass is 32.1. The molecule has 1 heterocycles. The molecule has 0 saturated carbocycles. The van der Waals surface area contributed by atoms with Crippen molar-refractivity contribution in [1.82, 2.24) is 5.32 Å². The lowest BCUT2D eigenvalue weighted by Crippen LogP contribution is -2.37. The van der Waals surface area contributed by atoms with Gasteiger partial charge in [0.25, 0.3) is 0 Å². The maximum Gasteiger partial charge on any atom is 0.319 e. The van der Waals surface area contributed by atoms with Crippen LogP contribution in [0.25, 0.3) is 21.2 Å². The van der Waals surface area contributed by atoms with Crippen molar-refractivity contribution < 1.29 is 9.53 Å². The fourth-order valence-electron chi connectivity index (χ4n) is 4.16. The summed E-state index contributed by atoms with van der Waals surface area (Å²) in [6.07, 6.45) is 0.908. The molecule has 1 N–H and O–H groups in total. The van der Waals surface area contributed by atoms with Gasteiger partial charge < -0.3 is 10.1 Å². The normalized spacial score (nSPS) is 13.1. The standard InChI is InChI=1S/C28H29NO2S/c1-3-31-28(30)18-29-20(2)26(17-24-19-32-27-12-8-7-11-25(24)27)23-15-13-22(14-16-23)21-9-5-4-6-10-21/h4-16,19-20,26,29H,3,17-18H2,1-2H3/t20-,26+/m1/s1. The summed E-state index contributed by atoms with van der Waals surface area (Å²) in [6.45, 7) is 4.61. The van der Waals surface area contributed by atoms with Crippen LogP contribution in [0.2, 0.25) is 0 Å². The minimum Gasteiger partial charge on any atom is -0.465 e. The van der Waals surface area contributed by atoms with Gasteiger partial charge in [-0.1, -0.05) is 72.8 Å². The minimum atomic E-state index is -0.210. The predicted molar refractivity (Wildman–Crippen MR) is 134 cm³/mol. The molecule has 0 fully saturated rings. The zero-order valence-electron chi connectivity index (χ0n) is 18.6. The van der Waals surface area contributed by atoms with Crippen LogP contribution in [0.1, 0.15) is 30.9 Å². The van der Waals surface area contributed by atoms with Gasteiger partial charge in [-0.15, -0.1) is 11.3 Å². The minimum absolute atomic E-state index is 0.112. The number of carbonyl (C=O) groups excluding carboxylic acids is 1. The predicted octanol–water partition coefficient (Wildman–Crippen LogP) is 6.44. The first kappa shape index (κ1) is 22.3. The number of rotatable bonds is 9. The molecule has 0 amide bonds. The monoisotopic (exact) mass is 443 g/mol. The second-order valence-corrected chi connectivity index (χ2v) is 8.94. The zero-order chi connectivity index (χ0) is 22.3. The van der Waals surface area contributed by atoms with Crippen molar-refractivity contribution in [2.45, 2.75) is 32.2 Å².